The fourth-order valence-corrected chi connectivity index (χ4v) is 16.7. The quantitative estimate of drug-likeness (QED) is 0.0261. The van der Waals surface area contributed by atoms with Gasteiger partial charge >= 0.3 is 6.09 Å². The number of ether oxygens (including phenoxy) is 9. The second-order valence-corrected chi connectivity index (χ2v) is 30.0. The van der Waals surface area contributed by atoms with Gasteiger partial charge in [0, 0.05) is 89.0 Å². The van der Waals surface area contributed by atoms with Crippen LogP contribution in [0.15, 0.2) is 29.8 Å². The lowest BCUT2D eigenvalue weighted by atomic mass is 9.47. The van der Waals surface area contributed by atoms with Crippen molar-refractivity contribution in [2.45, 2.75) is 177 Å². The normalized spacial score (nSPS) is 23.4. The number of fused-ring (bicyclic) bond motifs is 8. The predicted molar refractivity (Wildman–Crippen MR) is 382 cm³/mol. The molecule has 8 rings (SSSR count). The first kappa shape index (κ1) is 78.6. The van der Waals surface area contributed by atoms with E-state index in [0.717, 1.165) is 155 Å². The first-order valence-corrected chi connectivity index (χ1v) is 37.8. The molecule has 1 aromatic carbocycles. The number of nitrogens with two attached hydrogens (primary N) is 1. The summed E-state index contributed by atoms with van der Waals surface area (Å²) in [6, 6.07) is 6.49. The number of unbranched alkanes of at least 4 members (excludes halogenated alkanes) is 1. The molecule has 8 atom stereocenters. The SMILES string of the molecule is CCCCc1nc2c(N)nc3cc(CCCN4CCN(CCCOCCOCCOCCOCCNC(=O)CCOCCOCCOCCOCCNC(=O)O[C@H]5CC[C@@]6(C)C(=CC[C@H]7[C@@H]8CC[C@H]([C@H](C)CCCC(C)C)[C@@]8(C)CC[C@@H]76)C5)CC4)ccc3c2n1CC(C)(CO)CO. The van der Waals surface area contributed by atoms with Crippen molar-refractivity contribution in [3.63, 3.8) is 0 Å². The van der Waals surface area contributed by atoms with Crippen LogP contribution >= 0.6 is 0 Å². The standard InChI is InChI=1S/C76H128N8O13/c1-8-9-16-68-81-70-71(84(68)54-74(5,55-85)56-86)63-19-17-59(52-67(63)80-72(70)77)15-11-30-82-32-34-83(35-33-82)31-12-36-89-40-44-93-48-50-95-46-42-91-38-28-78-69(87)25-37-90-41-45-94-49-51-96-47-43-92-39-29-79-73(88)97-61-23-26-75(6)60(53-61)18-20-62-65-22-21-64(58(4)14-10-13-57(2)3)76(65,7)27-24-66(62)75/h17-19,52,57-58,61-62,64-66,85-86H,8-16,20-51,53-56H2,1-7H3,(H2,77,80)(H,78,87)(H,79,88)/t58-,61+,62+,64-,65+,66+,75+,76-/m1/s1. The maximum atomic E-state index is 12.8. The number of aliphatic hydroxyl groups is 2. The van der Waals surface area contributed by atoms with E-state index in [0.29, 0.717) is 142 Å². The number of carbonyl (C=O) groups is 2. The van der Waals surface area contributed by atoms with Gasteiger partial charge in [0.25, 0.3) is 0 Å². The van der Waals surface area contributed by atoms with Crippen LogP contribution in [-0.4, -0.2) is 224 Å². The number of aliphatic hydroxyl groups excluding tert-OH is 2. The van der Waals surface area contributed by atoms with Crippen LogP contribution in [0.4, 0.5) is 10.6 Å². The number of carbonyl (C=O) groups excluding carboxylic acids is 2. The van der Waals surface area contributed by atoms with Crippen molar-refractivity contribution in [3.05, 3.63) is 41.2 Å². The van der Waals surface area contributed by atoms with Crippen molar-refractivity contribution in [1.82, 2.24) is 35.0 Å². The zero-order chi connectivity index (χ0) is 68.9. The number of alkyl carbamates (subject to hydrolysis) is 1. The fourth-order valence-electron chi connectivity index (χ4n) is 16.7. The Morgan fingerprint density at radius 1 is 0.691 bits per heavy atom. The van der Waals surface area contributed by atoms with Gasteiger partial charge in [-0.15, -0.1) is 0 Å². The minimum atomic E-state index is -0.692. The number of nitrogens with zero attached hydrogens (tertiary/aromatic N) is 5. The molecular formula is C76H128N8O13. The summed E-state index contributed by atoms with van der Waals surface area (Å²) in [6.07, 6.45) is 22.0. The number of amides is 2. The summed E-state index contributed by atoms with van der Waals surface area (Å²) in [5.74, 6) is 6.15. The number of hydrogen-bond donors (Lipinski definition) is 5. The Hall–Kier alpha value is -4.10. The Morgan fingerprint density at radius 3 is 1.93 bits per heavy atom. The highest BCUT2D eigenvalue weighted by Crippen LogP contribution is 2.67. The molecule has 3 saturated carbocycles. The number of hydrogen-bond acceptors (Lipinski definition) is 18. The highest BCUT2D eigenvalue weighted by molar-refractivity contribution is 6.06. The summed E-state index contributed by atoms with van der Waals surface area (Å²) in [6.45, 7) is 31.2. The van der Waals surface area contributed by atoms with Gasteiger partial charge in [-0.05, 0) is 135 Å². The van der Waals surface area contributed by atoms with Gasteiger partial charge in [-0.1, -0.05) is 97.9 Å². The Kier molecular flexibility index (Phi) is 33.3. The monoisotopic (exact) mass is 1360 g/mol. The van der Waals surface area contributed by atoms with Crippen LogP contribution in [0.2, 0.25) is 0 Å². The van der Waals surface area contributed by atoms with E-state index in [4.69, 9.17) is 58.3 Å². The van der Waals surface area contributed by atoms with Crippen LogP contribution in [0.1, 0.15) is 163 Å². The summed E-state index contributed by atoms with van der Waals surface area (Å²) >= 11 is 0. The third kappa shape index (κ3) is 23.7. The van der Waals surface area contributed by atoms with E-state index < -0.39 is 5.41 Å². The molecule has 2 amide bonds. The number of pyridine rings is 1. The second kappa shape index (κ2) is 41.1. The Labute approximate surface area is 581 Å². The summed E-state index contributed by atoms with van der Waals surface area (Å²) in [5.41, 5.74) is 11.8. The molecule has 0 bridgehead atoms. The molecule has 2 aromatic heterocycles. The van der Waals surface area contributed by atoms with Gasteiger partial charge in [0.05, 0.1) is 123 Å². The predicted octanol–water partition coefficient (Wildman–Crippen LogP) is 10.2. The van der Waals surface area contributed by atoms with E-state index in [9.17, 15) is 19.8 Å². The van der Waals surface area contributed by atoms with Crippen molar-refractivity contribution in [2.75, 3.05) is 177 Å². The van der Waals surface area contributed by atoms with E-state index in [1.165, 1.54) is 56.9 Å². The number of anilines is 1. The number of rotatable bonds is 48. The number of aromatic nitrogens is 3. The first-order chi connectivity index (χ1) is 47.1. The molecule has 5 aliphatic rings. The van der Waals surface area contributed by atoms with E-state index in [2.05, 4.69) is 90.8 Å². The summed E-state index contributed by atoms with van der Waals surface area (Å²) in [5, 5.41) is 27.0. The minimum absolute atomic E-state index is 0.0676. The van der Waals surface area contributed by atoms with Gasteiger partial charge in [-0.25, -0.2) is 14.8 Å². The van der Waals surface area contributed by atoms with Crippen molar-refractivity contribution in [1.29, 1.82) is 0 Å². The number of aryl methyl sites for hydroxylation is 2. The molecule has 4 fully saturated rings. The minimum Gasteiger partial charge on any atom is -0.446 e. The summed E-state index contributed by atoms with van der Waals surface area (Å²) < 4.78 is 53.3. The number of nitrogens with one attached hydrogen (secondary N) is 2. The number of piperazine rings is 1. The molecule has 0 spiro atoms. The van der Waals surface area contributed by atoms with E-state index >= 15 is 0 Å². The molecule has 0 unspecified atom stereocenters. The van der Waals surface area contributed by atoms with Gasteiger partial charge in [-0.2, -0.15) is 0 Å². The Bertz CT molecular complexity index is 2810. The van der Waals surface area contributed by atoms with Crippen molar-refractivity contribution in [2.24, 2.45) is 51.8 Å². The average Bonchev–Trinajstić information content (AvgIpc) is 1.70. The molecule has 97 heavy (non-hydrogen) atoms. The lowest BCUT2D eigenvalue weighted by Crippen LogP contribution is -2.51. The zero-order valence-corrected chi connectivity index (χ0v) is 60.9. The van der Waals surface area contributed by atoms with E-state index in [1.54, 1.807) is 5.57 Å². The molecule has 6 N–H and O–H groups in total. The van der Waals surface area contributed by atoms with Crippen LogP contribution < -0.4 is 16.4 Å². The lowest BCUT2D eigenvalue weighted by Gasteiger charge is -2.58. The number of benzene rings is 1. The fraction of sp³-hybridized carbons (Fsp3) is 0.816. The summed E-state index contributed by atoms with van der Waals surface area (Å²) in [7, 11) is 0. The second-order valence-electron chi connectivity index (χ2n) is 30.0. The average molecular weight is 1360 g/mol. The van der Waals surface area contributed by atoms with Gasteiger partial charge in [0.2, 0.25) is 5.91 Å². The largest absolute Gasteiger partial charge is 0.446 e. The molecule has 21 nitrogen and oxygen atoms in total. The van der Waals surface area contributed by atoms with Crippen LogP contribution in [0.5, 0.6) is 0 Å². The molecule has 1 saturated heterocycles. The highest BCUT2D eigenvalue weighted by Gasteiger charge is 2.59. The molecule has 21 heteroatoms. The molecular weight excluding hydrogens is 1230 g/mol. The third-order valence-electron chi connectivity index (χ3n) is 22.4. The summed E-state index contributed by atoms with van der Waals surface area (Å²) in [4.78, 5) is 39.8. The molecule has 550 valence electrons. The molecule has 4 aliphatic carbocycles. The van der Waals surface area contributed by atoms with Crippen LogP contribution in [0.3, 0.4) is 0 Å². The Balaban J connectivity index is 0.526. The van der Waals surface area contributed by atoms with E-state index in [-0.39, 0.29) is 43.2 Å². The Morgan fingerprint density at radius 2 is 1.30 bits per heavy atom. The molecule has 0 radical (unpaired) electrons. The number of imidazole rings is 1. The number of nitrogen functional groups attached to an aromatic ring is 1. The maximum absolute atomic E-state index is 12.8. The zero-order valence-electron chi connectivity index (χ0n) is 60.9. The molecule has 1 aliphatic heterocycles. The lowest BCUT2D eigenvalue weighted by molar-refractivity contribution is -0.122. The van der Waals surface area contributed by atoms with Crippen LogP contribution in [0, 0.1) is 51.8 Å². The topological polar surface area (TPSA) is 245 Å². The number of allylic oxidation sites excluding steroid dienone is 1. The maximum Gasteiger partial charge on any atom is 0.407 e. The van der Waals surface area contributed by atoms with Gasteiger partial charge < -0.3 is 83.6 Å². The van der Waals surface area contributed by atoms with Gasteiger partial charge in [0.1, 0.15) is 17.4 Å². The van der Waals surface area contributed by atoms with E-state index in [1.807, 2.05) is 6.92 Å². The van der Waals surface area contributed by atoms with Gasteiger partial charge in [0.15, 0.2) is 5.82 Å². The van der Waals surface area contributed by atoms with Crippen molar-refractivity contribution >= 4 is 39.8 Å². The van der Waals surface area contributed by atoms with Crippen molar-refractivity contribution in [3.8, 4) is 0 Å². The van der Waals surface area contributed by atoms with Crippen LogP contribution in [-0.2, 0) is 66.8 Å². The molecule has 3 heterocycles. The first-order valence-electron chi connectivity index (χ1n) is 37.8. The smallest absolute Gasteiger partial charge is 0.407 e. The highest BCUT2D eigenvalue weighted by atomic mass is 16.6. The van der Waals surface area contributed by atoms with Gasteiger partial charge in [-0.3, -0.25) is 4.79 Å². The van der Waals surface area contributed by atoms with Crippen LogP contribution in [0.25, 0.3) is 21.9 Å². The van der Waals surface area contributed by atoms with Crippen molar-refractivity contribution < 1.29 is 62.4 Å². The molecule has 3 aromatic rings. The third-order valence-corrected chi connectivity index (χ3v) is 22.4.